The number of amides is 2. The van der Waals surface area contributed by atoms with E-state index in [1.165, 1.54) is 0 Å². The van der Waals surface area contributed by atoms with Crippen LogP contribution in [0, 0.1) is 0 Å². The van der Waals surface area contributed by atoms with Crippen molar-refractivity contribution in [1.82, 2.24) is 5.32 Å². The third-order valence-corrected chi connectivity index (χ3v) is 9.10. The Morgan fingerprint density at radius 1 is 1.41 bits per heavy atom. The number of hydrogen-bond donors (Lipinski definition) is 2. The highest BCUT2D eigenvalue weighted by Crippen LogP contribution is 2.36. The molecule has 3 N–H and O–H groups in total. The van der Waals surface area contributed by atoms with E-state index < -0.39 is 26.4 Å². The molecular formula is C15H30N2O4Si. The number of hydrogen-bond acceptors (Lipinski definition) is 4. The van der Waals surface area contributed by atoms with E-state index in [1.54, 1.807) is 0 Å². The molecule has 22 heavy (non-hydrogen) atoms. The Balaban J connectivity index is 2.48. The summed E-state index contributed by atoms with van der Waals surface area (Å²) in [5, 5.41) is 2.79. The SMILES string of the molecule is CC(C)(C)[Si](C)(C)OCC[C@H](NC(=O)[C@@H]1CCCO1)C(N)=O. The first-order valence-electron chi connectivity index (χ1n) is 7.90. The molecule has 7 heteroatoms. The summed E-state index contributed by atoms with van der Waals surface area (Å²) in [6.45, 7) is 11.8. The molecule has 0 unspecified atom stereocenters. The summed E-state index contributed by atoms with van der Waals surface area (Å²) in [6, 6.07) is -0.707. The Morgan fingerprint density at radius 3 is 2.50 bits per heavy atom. The summed E-state index contributed by atoms with van der Waals surface area (Å²) in [7, 11) is -1.86. The fraction of sp³-hybridized carbons (Fsp3) is 0.867. The minimum Gasteiger partial charge on any atom is -0.417 e. The zero-order chi connectivity index (χ0) is 17.0. The van der Waals surface area contributed by atoms with Crippen molar-refractivity contribution in [2.75, 3.05) is 13.2 Å². The van der Waals surface area contributed by atoms with E-state index in [2.05, 4.69) is 39.2 Å². The van der Waals surface area contributed by atoms with Crippen LogP contribution in [0.3, 0.4) is 0 Å². The standard InChI is InChI=1S/C15H30N2O4Si/c1-15(2,3)22(4,5)21-10-8-11(13(16)18)17-14(19)12-7-6-9-20-12/h11-12H,6-10H2,1-5H3,(H2,16,18)(H,17,19)/t11-,12-/m0/s1. The van der Waals surface area contributed by atoms with E-state index >= 15 is 0 Å². The van der Waals surface area contributed by atoms with Gasteiger partial charge in [0.05, 0.1) is 0 Å². The number of ether oxygens (including phenoxy) is 1. The van der Waals surface area contributed by atoms with Gasteiger partial charge in [-0.1, -0.05) is 20.8 Å². The molecule has 128 valence electrons. The third kappa shape index (κ3) is 5.37. The van der Waals surface area contributed by atoms with Crippen LogP contribution in [0.1, 0.15) is 40.0 Å². The maximum absolute atomic E-state index is 12.0. The van der Waals surface area contributed by atoms with Gasteiger partial charge in [-0.2, -0.15) is 0 Å². The molecule has 1 saturated heterocycles. The maximum atomic E-state index is 12.0. The topological polar surface area (TPSA) is 90.7 Å². The molecule has 1 fully saturated rings. The molecule has 2 amide bonds. The van der Waals surface area contributed by atoms with Gasteiger partial charge in [-0.3, -0.25) is 9.59 Å². The van der Waals surface area contributed by atoms with Gasteiger partial charge in [-0.05, 0) is 37.4 Å². The Hall–Kier alpha value is -0.923. The van der Waals surface area contributed by atoms with Crippen molar-refractivity contribution in [2.24, 2.45) is 5.73 Å². The summed E-state index contributed by atoms with van der Waals surface area (Å²) in [5.41, 5.74) is 5.38. The van der Waals surface area contributed by atoms with E-state index in [-0.39, 0.29) is 10.9 Å². The quantitative estimate of drug-likeness (QED) is 0.693. The predicted octanol–water partition coefficient (Wildman–Crippen LogP) is 1.55. The normalized spacial score (nSPS) is 20.7. The van der Waals surface area contributed by atoms with E-state index in [9.17, 15) is 9.59 Å². The van der Waals surface area contributed by atoms with Crippen LogP contribution >= 0.6 is 0 Å². The maximum Gasteiger partial charge on any atom is 0.249 e. The first-order chi connectivity index (χ1) is 10.0. The van der Waals surface area contributed by atoms with E-state index in [4.69, 9.17) is 14.9 Å². The molecule has 0 aromatic carbocycles. The molecule has 0 bridgehead atoms. The first kappa shape index (κ1) is 19.1. The summed E-state index contributed by atoms with van der Waals surface area (Å²) < 4.78 is 11.3. The minimum absolute atomic E-state index is 0.107. The van der Waals surface area contributed by atoms with E-state index in [1.807, 2.05) is 0 Å². The van der Waals surface area contributed by atoms with Crippen molar-refractivity contribution >= 4 is 20.1 Å². The van der Waals surface area contributed by atoms with Crippen molar-refractivity contribution in [2.45, 2.75) is 70.3 Å². The second-order valence-electron chi connectivity index (χ2n) is 7.36. The molecule has 0 spiro atoms. The van der Waals surface area contributed by atoms with Gasteiger partial charge in [-0.15, -0.1) is 0 Å². The van der Waals surface area contributed by atoms with Crippen molar-refractivity contribution < 1.29 is 18.8 Å². The Kier molecular flexibility index (Phi) is 6.58. The van der Waals surface area contributed by atoms with Gasteiger partial charge in [-0.25, -0.2) is 0 Å². The van der Waals surface area contributed by atoms with Crippen molar-refractivity contribution in [1.29, 1.82) is 0 Å². The summed E-state index contributed by atoms with van der Waals surface area (Å²) in [4.78, 5) is 23.5. The van der Waals surface area contributed by atoms with Crippen LogP contribution in [0.2, 0.25) is 18.1 Å². The monoisotopic (exact) mass is 330 g/mol. The highest BCUT2D eigenvalue weighted by atomic mass is 28.4. The zero-order valence-corrected chi connectivity index (χ0v) is 15.4. The van der Waals surface area contributed by atoms with Crippen molar-refractivity contribution in [3.63, 3.8) is 0 Å². The summed E-state index contributed by atoms with van der Waals surface area (Å²) in [6.07, 6.45) is 1.49. The lowest BCUT2D eigenvalue weighted by Gasteiger charge is -2.36. The predicted molar refractivity (Wildman–Crippen MR) is 87.9 cm³/mol. The zero-order valence-electron chi connectivity index (χ0n) is 14.4. The lowest BCUT2D eigenvalue weighted by atomic mass is 10.1. The molecule has 0 radical (unpaired) electrons. The highest BCUT2D eigenvalue weighted by molar-refractivity contribution is 6.74. The summed E-state index contributed by atoms with van der Waals surface area (Å²) in [5.74, 6) is -0.793. The highest BCUT2D eigenvalue weighted by Gasteiger charge is 2.37. The van der Waals surface area contributed by atoms with Crippen LogP contribution in [-0.4, -0.2) is 45.5 Å². The second kappa shape index (κ2) is 7.57. The van der Waals surface area contributed by atoms with Crippen LogP contribution < -0.4 is 11.1 Å². The number of nitrogens with two attached hydrogens (primary N) is 1. The lowest BCUT2D eigenvalue weighted by Crippen LogP contribution is -2.49. The van der Waals surface area contributed by atoms with Crippen molar-refractivity contribution in [3.05, 3.63) is 0 Å². The Labute approximate surface area is 134 Å². The number of rotatable bonds is 7. The molecule has 0 saturated carbocycles. The van der Waals surface area contributed by atoms with Gasteiger partial charge in [0.2, 0.25) is 11.8 Å². The smallest absolute Gasteiger partial charge is 0.249 e. The largest absolute Gasteiger partial charge is 0.417 e. The van der Waals surface area contributed by atoms with Gasteiger partial charge in [0.15, 0.2) is 8.32 Å². The van der Waals surface area contributed by atoms with Gasteiger partial charge in [0, 0.05) is 13.2 Å². The van der Waals surface area contributed by atoms with Gasteiger partial charge < -0.3 is 20.2 Å². The van der Waals surface area contributed by atoms with E-state index in [0.717, 1.165) is 6.42 Å². The molecule has 2 atom stereocenters. The fourth-order valence-corrected chi connectivity index (χ4v) is 3.04. The summed E-state index contributed by atoms with van der Waals surface area (Å²) >= 11 is 0. The number of nitrogens with one attached hydrogen (secondary N) is 1. The average molecular weight is 331 g/mol. The number of carbonyl (C=O) groups is 2. The molecule has 0 aromatic heterocycles. The Morgan fingerprint density at radius 2 is 2.05 bits per heavy atom. The molecule has 1 aliphatic heterocycles. The van der Waals surface area contributed by atoms with Gasteiger partial charge >= 0.3 is 0 Å². The van der Waals surface area contributed by atoms with Gasteiger partial charge in [0.1, 0.15) is 12.1 Å². The average Bonchev–Trinajstić information content (AvgIpc) is 2.89. The number of primary amides is 1. The van der Waals surface area contributed by atoms with Crippen molar-refractivity contribution in [3.8, 4) is 0 Å². The van der Waals surface area contributed by atoms with Crippen LogP contribution in [0.25, 0.3) is 0 Å². The molecular weight excluding hydrogens is 300 g/mol. The van der Waals surface area contributed by atoms with E-state index in [0.29, 0.717) is 26.1 Å². The second-order valence-corrected chi connectivity index (χ2v) is 12.2. The molecule has 1 heterocycles. The van der Waals surface area contributed by atoms with Crippen LogP contribution in [0.4, 0.5) is 0 Å². The van der Waals surface area contributed by atoms with Crippen LogP contribution in [0.15, 0.2) is 0 Å². The molecule has 0 aliphatic carbocycles. The third-order valence-electron chi connectivity index (χ3n) is 4.56. The molecule has 6 nitrogen and oxygen atoms in total. The Bertz CT molecular complexity index is 401. The lowest BCUT2D eigenvalue weighted by molar-refractivity contribution is -0.134. The molecule has 0 aromatic rings. The van der Waals surface area contributed by atoms with Gasteiger partial charge in [0.25, 0.3) is 0 Å². The van der Waals surface area contributed by atoms with Crippen LogP contribution in [-0.2, 0) is 18.8 Å². The fourth-order valence-electron chi connectivity index (χ4n) is 1.98. The molecule has 1 rings (SSSR count). The molecule has 1 aliphatic rings. The number of carbonyl (C=O) groups excluding carboxylic acids is 2. The minimum atomic E-state index is -1.86. The first-order valence-corrected chi connectivity index (χ1v) is 10.8. The van der Waals surface area contributed by atoms with Crippen LogP contribution in [0.5, 0.6) is 0 Å².